The quantitative estimate of drug-likeness (QED) is 0.199. The van der Waals surface area contributed by atoms with E-state index in [2.05, 4.69) is 0 Å². The molecule has 0 aromatic heterocycles. The van der Waals surface area contributed by atoms with Gasteiger partial charge in [0.05, 0.1) is 16.7 Å². The van der Waals surface area contributed by atoms with Gasteiger partial charge in [0.2, 0.25) is 0 Å². The molecule has 4 aromatic rings. The third-order valence-corrected chi connectivity index (χ3v) is 7.65. The number of benzene rings is 4. The molecule has 6 N–H and O–H groups in total. The van der Waals surface area contributed by atoms with Crippen molar-refractivity contribution in [3.63, 3.8) is 0 Å². The van der Waals surface area contributed by atoms with Crippen molar-refractivity contribution in [3.8, 4) is 57.1 Å². The minimum Gasteiger partial charge on any atom is -0.507 e. The zero-order valence-corrected chi connectivity index (χ0v) is 21.1. The number of rotatable bonds is 1. The van der Waals surface area contributed by atoms with Crippen LogP contribution in [-0.2, 0) is 0 Å². The molecule has 10 heteroatoms. The highest BCUT2D eigenvalue weighted by Crippen LogP contribution is 2.55. The van der Waals surface area contributed by atoms with E-state index in [-0.39, 0.29) is 67.5 Å². The second kappa shape index (κ2) is 8.07. The lowest BCUT2D eigenvalue weighted by atomic mass is 9.85. The molecular weight excluding hydrogens is 508 g/mol. The van der Waals surface area contributed by atoms with E-state index in [0.29, 0.717) is 0 Å². The van der Waals surface area contributed by atoms with Gasteiger partial charge in [-0.2, -0.15) is 0 Å². The van der Waals surface area contributed by atoms with E-state index < -0.39 is 58.4 Å². The van der Waals surface area contributed by atoms with E-state index in [4.69, 9.17) is 9.47 Å². The van der Waals surface area contributed by atoms with Crippen molar-refractivity contribution in [2.24, 2.45) is 5.92 Å². The minimum absolute atomic E-state index is 0.0152. The molecule has 2 aliphatic heterocycles. The number of hydrogen-bond acceptors (Lipinski definition) is 10. The van der Waals surface area contributed by atoms with Crippen LogP contribution in [0.4, 0.5) is 0 Å². The number of carbonyl (C=O) groups is 2. The van der Waals surface area contributed by atoms with Gasteiger partial charge >= 0.3 is 0 Å². The number of aromatic hydroxyl groups is 6. The highest BCUT2D eigenvalue weighted by atomic mass is 16.5. The first-order valence-electron chi connectivity index (χ1n) is 12.3. The maximum atomic E-state index is 13.0. The predicted octanol–water partition coefficient (Wildman–Crippen LogP) is 4.85. The number of ketones is 2. The molecule has 2 aliphatic rings. The Morgan fingerprint density at radius 2 is 1.13 bits per heavy atom. The maximum absolute atomic E-state index is 13.0. The molecule has 10 nitrogen and oxygen atoms in total. The molecule has 0 spiro atoms. The highest BCUT2D eigenvalue weighted by Gasteiger charge is 2.37. The van der Waals surface area contributed by atoms with Crippen LogP contribution in [0.1, 0.15) is 47.9 Å². The minimum atomic E-state index is -0.566. The van der Waals surface area contributed by atoms with Crippen molar-refractivity contribution in [2.75, 3.05) is 0 Å². The second-order valence-corrected chi connectivity index (χ2v) is 10.2. The molecule has 0 saturated carbocycles. The fourth-order valence-electron chi connectivity index (χ4n) is 5.61. The Morgan fingerprint density at radius 3 is 1.67 bits per heavy atom. The molecule has 0 radical (unpaired) electrons. The molecule has 0 amide bonds. The van der Waals surface area contributed by atoms with Gasteiger partial charge in [-0.05, 0) is 26.0 Å². The Balaban J connectivity index is 1.77. The lowest BCUT2D eigenvalue weighted by Crippen LogP contribution is -2.33. The normalized spacial score (nSPS) is 20.4. The molecular formula is C29H24O10. The van der Waals surface area contributed by atoms with Crippen LogP contribution >= 0.6 is 0 Å². The van der Waals surface area contributed by atoms with Gasteiger partial charge in [-0.15, -0.1) is 0 Å². The average Bonchev–Trinajstić information content (AvgIpc) is 2.83. The molecule has 200 valence electrons. The van der Waals surface area contributed by atoms with E-state index in [1.165, 1.54) is 12.1 Å². The van der Waals surface area contributed by atoms with Crippen molar-refractivity contribution in [1.29, 1.82) is 0 Å². The molecule has 39 heavy (non-hydrogen) atoms. The standard InChI is InChI=1S/C29H24O10/c1-9-4-14(30)25-19(38-9)5-12-21(15(31)7-17(33)23(12)28(25)36)22-13-6-20-26(27(35)10(2)11(3)39-20)29(37)24(13)18(34)8-16(22)32/h5-11,31-34,36-37H,4H2,1-3H3/t9?,10-,11+/m1/s1. The zero-order valence-electron chi connectivity index (χ0n) is 21.1. The van der Waals surface area contributed by atoms with Crippen molar-refractivity contribution >= 4 is 33.1 Å². The van der Waals surface area contributed by atoms with Gasteiger partial charge in [0, 0.05) is 40.5 Å². The molecule has 2 heterocycles. The van der Waals surface area contributed by atoms with Gasteiger partial charge in [0.1, 0.15) is 69.3 Å². The number of phenols is 6. The summed E-state index contributed by atoms with van der Waals surface area (Å²) in [6.07, 6.45) is -1.01. The summed E-state index contributed by atoms with van der Waals surface area (Å²) < 4.78 is 11.7. The summed E-state index contributed by atoms with van der Waals surface area (Å²) in [4.78, 5) is 25.7. The largest absolute Gasteiger partial charge is 0.507 e. The SMILES string of the molecule is CC1CC(=O)c2c(cc3c(-c4c(O)cc(O)c5c(O)c6c(cc45)O[C@@H](C)[C@@H](C)C6=O)c(O)cc(O)c3c2O)O1. The van der Waals surface area contributed by atoms with Crippen molar-refractivity contribution in [2.45, 2.75) is 39.4 Å². The van der Waals surface area contributed by atoms with Crippen LogP contribution in [0, 0.1) is 5.92 Å². The third-order valence-electron chi connectivity index (χ3n) is 7.65. The van der Waals surface area contributed by atoms with Crippen LogP contribution in [-0.4, -0.2) is 54.4 Å². The Bertz CT molecular complexity index is 1790. The molecule has 4 aromatic carbocycles. The van der Waals surface area contributed by atoms with Crippen LogP contribution in [0.2, 0.25) is 0 Å². The van der Waals surface area contributed by atoms with Gasteiger partial charge in [-0.1, -0.05) is 6.92 Å². The molecule has 6 rings (SSSR count). The van der Waals surface area contributed by atoms with Crippen molar-refractivity contribution in [1.82, 2.24) is 0 Å². The smallest absolute Gasteiger partial charge is 0.176 e. The van der Waals surface area contributed by atoms with Crippen LogP contribution in [0.5, 0.6) is 46.0 Å². The van der Waals surface area contributed by atoms with Gasteiger partial charge in [-0.3, -0.25) is 9.59 Å². The van der Waals surface area contributed by atoms with Crippen LogP contribution < -0.4 is 9.47 Å². The molecule has 1 unspecified atom stereocenters. The lowest BCUT2D eigenvalue weighted by Gasteiger charge is -2.29. The summed E-state index contributed by atoms with van der Waals surface area (Å²) in [7, 11) is 0. The Kier molecular flexibility index (Phi) is 5.06. The van der Waals surface area contributed by atoms with E-state index >= 15 is 0 Å². The van der Waals surface area contributed by atoms with E-state index in [9.17, 15) is 40.2 Å². The fraction of sp³-hybridized carbons (Fsp3) is 0.241. The van der Waals surface area contributed by atoms with Crippen molar-refractivity contribution < 1.29 is 49.7 Å². The molecule has 3 atom stereocenters. The van der Waals surface area contributed by atoms with Gasteiger partial charge in [-0.25, -0.2) is 0 Å². The Morgan fingerprint density at radius 1 is 0.641 bits per heavy atom. The second-order valence-electron chi connectivity index (χ2n) is 10.2. The summed E-state index contributed by atoms with van der Waals surface area (Å²) in [6, 6.07) is 4.63. The summed E-state index contributed by atoms with van der Waals surface area (Å²) >= 11 is 0. The number of fused-ring (bicyclic) bond motifs is 4. The monoisotopic (exact) mass is 532 g/mol. The molecule has 0 saturated heterocycles. The highest BCUT2D eigenvalue weighted by molar-refractivity contribution is 6.19. The molecule has 0 aliphatic carbocycles. The first kappa shape index (κ1) is 24.5. The van der Waals surface area contributed by atoms with Gasteiger partial charge in [0.15, 0.2) is 11.6 Å². The topological polar surface area (TPSA) is 174 Å². The van der Waals surface area contributed by atoms with Crippen LogP contribution in [0.15, 0.2) is 24.3 Å². The summed E-state index contributed by atoms with van der Waals surface area (Å²) in [6.45, 7) is 5.03. The van der Waals surface area contributed by atoms with E-state index in [1.54, 1.807) is 20.8 Å². The first-order chi connectivity index (χ1) is 18.4. The number of carbonyl (C=O) groups excluding carboxylic acids is 2. The predicted molar refractivity (Wildman–Crippen MR) is 140 cm³/mol. The third kappa shape index (κ3) is 3.27. The van der Waals surface area contributed by atoms with Gasteiger partial charge in [0.25, 0.3) is 0 Å². The number of Topliss-reactive ketones (excluding diaryl/α,β-unsaturated/α-hetero) is 2. The average molecular weight is 533 g/mol. The first-order valence-corrected chi connectivity index (χ1v) is 12.3. The molecule has 0 bridgehead atoms. The number of hydrogen-bond donors (Lipinski definition) is 6. The van der Waals surface area contributed by atoms with Gasteiger partial charge < -0.3 is 40.1 Å². The Hall–Kier alpha value is -4.86. The number of ether oxygens (including phenoxy) is 2. The van der Waals surface area contributed by atoms with E-state index in [1.807, 2.05) is 0 Å². The van der Waals surface area contributed by atoms with Crippen LogP contribution in [0.25, 0.3) is 32.7 Å². The molecule has 0 fully saturated rings. The Labute approximate surface area is 220 Å². The van der Waals surface area contributed by atoms with E-state index in [0.717, 1.165) is 12.1 Å². The lowest BCUT2D eigenvalue weighted by molar-refractivity contribution is 0.0725. The van der Waals surface area contributed by atoms with Crippen LogP contribution in [0.3, 0.4) is 0 Å². The maximum Gasteiger partial charge on any atom is 0.176 e. The summed E-state index contributed by atoms with van der Waals surface area (Å²) in [5.74, 6) is -4.52. The summed E-state index contributed by atoms with van der Waals surface area (Å²) in [5, 5.41) is 65.4. The fourth-order valence-corrected chi connectivity index (χ4v) is 5.61. The number of phenolic OH excluding ortho intramolecular Hbond substituents is 6. The summed E-state index contributed by atoms with van der Waals surface area (Å²) in [5.41, 5.74) is -0.428. The zero-order chi connectivity index (χ0) is 28.1. The van der Waals surface area contributed by atoms with Crippen molar-refractivity contribution in [3.05, 3.63) is 35.4 Å².